The van der Waals surface area contributed by atoms with E-state index < -0.39 is 0 Å². The first-order valence-corrected chi connectivity index (χ1v) is 4.47. The zero-order valence-corrected chi connectivity index (χ0v) is 7.54. The third-order valence-corrected chi connectivity index (χ3v) is 3.06. The lowest BCUT2D eigenvalue weighted by Gasteiger charge is -2.35. The Kier molecular flexibility index (Phi) is 1.69. The maximum absolute atomic E-state index is 8.93. The van der Waals surface area contributed by atoms with Gasteiger partial charge in [-0.15, -0.1) is 0 Å². The van der Waals surface area contributed by atoms with E-state index in [-0.39, 0.29) is 6.61 Å². The van der Waals surface area contributed by atoms with Crippen LogP contribution in [0.3, 0.4) is 0 Å². The van der Waals surface area contributed by atoms with Crippen molar-refractivity contribution in [2.45, 2.75) is 32.3 Å². The van der Waals surface area contributed by atoms with Crippen molar-refractivity contribution in [2.75, 3.05) is 0 Å². The average Bonchev–Trinajstić information content (AvgIpc) is 2.15. The Hall–Kier alpha value is -0.820. The van der Waals surface area contributed by atoms with E-state index in [4.69, 9.17) is 5.11 Å². The van der Waals surface area contributed by atoms with Crippen LogP contribution in [0.5, 0.6) is 0 Å². The van der Waals surface area contributed by atoms with Crippen LogP contribution in [0.1, 0.15) is 42.4 Å². The fourth-order valence-corrected chi connectivity index (χ4v) is 1.97. The fourth-order valence-electron chi connectivity index (χ4n) is 1.97. The van der Waals surface area contributed by atoms with Crippen LogP contribution in [0.2, 0.25) is 0 Å². The highest BCUT2D eigenvalue weighted by molar-refractivity contribution is 5.45. The normalized spacial score (nSPS) is 26.2. The van der Waals surface area contributed by atoms with Gasteiger partial charge in [0.15, 0.2) is 0 Å². The number of fused-ring (bicyclic) bond motifs is 1. The fraction of sp³-hybridized carbons (Fsp3) is 0.455. The molecule has 1 N–H and O–H groups in total. The molecule has 2 atom stereocenters. The summed E-state index contributed by atoms with van der Waals surface area (Å²) in [7, 11) is 0. The van der Waals surface area contributed by atoms with Crippen LogP contribution in [-0.4, -0.2) is 5.11 Å². The lowest BCUT2D eigenvalue weighted by Crippen LogP contribution is -2.19. The molecular weight excluding hydrogens is 148 g/mol. The average molecular weight is 162 g/mol. The molecule has 1 aromatic carbocycles. The molecule has 1 aromatic rings. The maximum Gasteiger partial charge on any atom is 0.0681 e. The first kappa shape index (κ1) is 7.81. The highest BCUT2D eigenvalue weighted by atomic mass is 16.3. The molecule has 0 fully saturated rings. The first-order valence-electron chi connectivity index (χ1n) is 4.47. The minimum absolute atomic E-state index is 0.161. The van der Waals surface area contributed by atoms with Crippen LogP contribution in [0.25, 0.3) is 0 Å². The molecule has 0 radical (unpaired) electrons. The molecule has 12 heavy (non-hydrogen) atoms. The zero-order chi connectivity index (χ0) is 8.72. The number of hydrogen-bond donors (Lipinski definition) is 1. The van der Waals surface area contributed by atoms with Crippen LogP contribution >= 0.6 is 0 Å². The van der Waals surface area contributed by atoms with E-state index in [0.29, 0.717) is 11.8 Å². The van der Waals surface area contributed by atoms with Crippen LogP contribution in [-0.2, 0) is 6.61 Å². The maximum atomic E-state index is 8.93. The molecule has 2 unspecified atom stereocenters. The summed E-state index contributed by atoms with van der Waals surface area (Å²) in [5, 5.41) is 8.93. The highest BCUT2D eigenvalue weighted by Crippen LogP contribution is 2.45. The third kappa shape index (κ3) is 0.896. The smallest absolute Gasteiger partial charge is 0.0681 e. The molecule has 0 bridgehead atoms. The Balaban J connectivity index is 2.41. The number of aliphatic hydroxyl groups is 1. The van der Waals surface area contributed by atoms with Gasteiger partial charge >= 0.3 is 0 Å². The van der Waals surface area contributed by atoms with E-state index in [0.717, 1.165) is 5.56 Å². The molecule has 2 rings (SSSR count). The predicted molar refractivity (Wildman–Crippen MR) is 49.2 cm³/mol. The lowest BCUT2D eigenvalue weighted by molar-refractivity contribution is 0.281. The van der Waals surface area contributed by atoms with E-state index in [9.17, 15) is 0 Å². The van der Waals surface area contributed by atoms with E-state index in [1.165, 1.54) is 11.1 Å². The van der Waals surface area contributed by atoms with E-state index in [2.05, 4.69) is 26.0 Å². The first-order chi connectivity index (χ1) is 5.74. The summed E-state index contributed by atoms with van der Waals surface area (Å²) in [6.45, 7) is 4.66. The molecule has 0 saturated carbocycles. The van der Waals surface area contributed by atoms with E-state index >= 15 is 0 Å². The lowest BCUT2D eigenvalue weighted by atomic mass is 9.69. The molecular formula is C11H14O. The Morgan fingerprint density at radius 1 is 1.17 bits per heavy atom. The van der Waals surface area contributed by atoms with Crippen molar-refractivity contribution >= 4 is 0 Å². The van der Waals surface area contributed by atoms with Gasteiger partial charge in [0.2, 0.25) is 0 Å². The second kappa shape index (κ2) is 2.60. The van der Waals surface area contributed by atoms with Crippen molar-refractivity contribution in [1.82, 2.24) is 0 Å². The van der Waals surface area contributed by atoms with Gasteiger partial charge < -0.3 is 5.11 Å². The zero-order valence-electron chi connectivity index (χ0n) is 7.54. The topological polar surface area (TPSA) is 20.2 Å². The Morgan fingerprint density at radius 2 is 1.83 bits per heavy atom. The summed E-state index contributed by atoms with van der Waals surface area (Å²) in [6, 6.07) is 6.28. The Labute approximate surface area is 73.0 Å². The second-order valence-electron chi connectivity index (χ2n) is 3.70. The van der Waals surface area contributed by atoms with E-state index in [1.807, 2.05) is 6.07 Å². The highest BCUT2D eigenvalue weighted by Gasteiger charge is 2.29. The van der Waals surface area contributed by atoms with Gasteiger partial charge in [-0.3, -0.25) is 0 Å². The van der Waals surface area contributed by atoms with Crippen molar-refractivity contribution in [2.24, 2.45) is 0 Å². The van der Waals surface area contributed by atoms with Gasteiger partial charge in [-0.2, -0.15) is 0 Å². The monoisotopic (exact) mass is 162 g/mol. The summed E-state index contributed by atoms with van der Waals surface area (Å²) in [5.41, 5.74) is 3.92. The summed E-state index contributed by atoms with van der Waals surface area (Å²) in [5.74, 6) is 1.37. The van der Waals surface area contributed by atoms with Gasteiger partial charge in [-0.25, -0.2) is 0 Å². The number of rotatable bonds is 1. The van der Waals surface area contributed by atoms with Gasteiger partial charge in [-0.05, 0) is 28.5 Å². The standard InChI is InChI=1S/C11H14O/c1-7-8(2)11-5-9(6-12)3-4-10(7)11/h3-5,7-8,12H,6H2,1-2H3. The molecule has 1 aliphatic carbocycles. The summed E-state index contributed by atoms with van der Waals surface area (Å²) in [4.78, 5) is 0. The molecule has 0 heterocycles. The molecule has 0 amide bonds. The van der Waals surface area contributed by atoms with Crippen molar-refractivity contribution in [3.05, 3.63) is 34.9 Å². The van der Waals surface area contributed by atoms with Gasteiger partial charge in [0.05, 0.1) is 6.61 Å². The molecule has 0 spiro atoms. The van der Waals surface area contributed by atoms with Crippen LogP contribution < -0.4 is 0 Å². The molecule has 64 valence electrons. The Morgan fingerprint density at radius 3 is 2.50 bits per heavy atom. The third-order valence-electron chi connectivity index (χ3n) is 3.06. The quantitative estimate of drug-likeness (QED) is 0.672. The second-order valence-corrected chi connectivity index (χ2v) is 3.70. The molecule has 1 aliphatic rings. The minimum Gasteiger partial charge on any atom is -0.392 e. The predicted octanol–water partition coefficient (Wildman–Crippen LogP) is 2.40. The SMILES string of the molecule is CC1c2ccc(CO)cc2C1C. The number of hydrogen-bond acceptors (Lipinski definition) is 1. The number of benzene rings is 1. The largest absolute Gasteiger partial charge is 0.392 e. The van der Waals surface area contributed by atoms with Crippen molar-refractivity contribution in [1.29, 1.82) is 0 Å². The molecule has 0 aromatic heterocycles. The van der Waals surface area contributed by atoms with Gasteiger partial charge in [0.1, 0.15) is 0 Å². The van der Waals surface area contributed by atoms with Gasteiger partial charge in [-0.1, -0.05) is 32.0 Å². The van der Waals surface area contributed by atoms with Gasteiger partial charge in [0.25, 0.3) is 0 Å². The molecule has 1 heteroatoms. The van der Waals surface area contributed by atoms with Crippen LogP contribution in [0, 0.1) is 0 Å². The van der Waals surface area contributed by atoms with Crippen LogP contribution in [0.4, 0.5) is 0 Å². The molecule has 0 saturated heterocycles. The van der Waals surface area contributed by atoms with Crippen molar-refractivity contribution in [3.8, 4) is 0 Å². The van der Waals surface area contributed by atoms with Crippen molar-refractivity contribution in [3.63, 3.8) is 0 Å². The summed E-state index contributed by atoms with van der Waals surface area (Å²) >= 11 is 0. The molecule has 0 aliphatic heterocycles. The molecule has 1 nitrogen and oxygen atoms in total. The summed E-state index contributed by atoms with van der Waals surface area (Å²) in [6.07, 6.45) is 0. The van der Waals surface area contributed by atoms with Crippen LogP contribution in [0.15, 0.2) is 18.2 Å². The summed E-state index contributed by atoms with van der Waals surface area (Å²) < 4.78 is 0. The number of aliphatic hydroxyl groups excluding tert-OH is 1. The minimum atomic E-state index is 0.161. The Bertz CT molecular complexity index is 304. The van der Waals surface area contributed by atoms with E-state index in [1.54, 1.807) is 0 Å². The van der Waals surface area contributed by atoms with Gasteiger partial charge in [0, 0.05) is 0 Å². The van der Waals surface area contributed by atoms with Crippen molar-refractivity contribution < 1.29 is 5.11 Å².